The fourth-order valence-corrected chi connectivity index (χ4v) is 4.02. The normalized spacial score (nSPS) is 10.6. The third-order valence-electron chi connectivity index (χ3n) is 4.85. The maximum Gasteiger partial charge on any atom is 0.270 e. The van der Waals surface area contributed by atoms with Gasteiger partial charge in [0.1, 0.15) is 18.1 Å². The second-order valence-corrected chi connectivity index (χ2v) is 8.00. The molecule has 0 atom stereocenters. The van der Waals surface area contributed by atoms with Gasteiger partial charge < -0.3 is 9.47 Å². The number of non-ortho nitro benzene ring substituents is 1. The van der Waals surface area contributed by atoms with Gasteiger partial charge >= 0.3 is 0 Å². The van der Waals surface area contributed by atoms with Crippen molar-refractivity contribution in [3.05, 3.63) is 100 Å². The molecule has 1 heterocycles. The Hall–Kier alpha value is -4.18. The molecular weight excluding hydrogens is 456 g/mol. The Kier molecular flexibility index (Phi) is 7.19. The highest BCUT2D eigenvalue weighted by molar-refractivity contribution is 7.99. The molecule has 0 saturated carbocycles. The van der Waals surface area contributed by atoms with Crippen molar-refractivity contribution in [2.45, 2.75) is 11.8 Å². The number of aromatic nitrogens is 3. The van der Waals surface area contributed by atoms with Crippen molar-refractivity contribution in [3.63, 3.8) is 0 Å². The third-order valence-corrected chi connectivity index (χ3v) is 5.78. The highest BCUT2D eigenvalue weighted by Crippen LogP contribution is 2.25. The Morgan fingerprint density at radius 3 is 2.44 bits per heavy atom. The molecule has 4 aromatic rings. The van der Waals surface area contributed by atoms with E-state index in [9.17, 15) is 14.9 Å². The molecule has 0 aliphatic carbocycles. The van der Waals surface area contributed by atoms with Gasteiger partial charge in [0, 0.05) is 23.4 Å². The molecule has 9 nitrogen and oxygen atoms in total. The molecule has 172 valence electrons. The maximum absolute atomic E-state index is 12.7. The molecule has 4 rings (SSSR count). The average Bonchev–Trinajstić information content (AvgIpc) is 3.29. The third kappa shape index (κ3) is 5.41. The van der Waals surface area contributed by atoms with E-state index in [2.05, 4.69) is 10.2 Å². The van der Waals surface area contributed by atoms with Crippen molar-refractivity contribution >= 4 is 23.2 Å². The van der Waals surface area contributed by atoms with Crippen LogP contribution in [0.1, 0.15) is 16.2 Å². The lowest BCUT2D eigenvalue weighted by atomic mass is 10.1. The van der Waals surface area contributed by atoms with Gasteiger partial charge in [-0.2, -0.15) is 0 Å². The molecule has 3 aromatic carbocycles. The first kappa shape index (κ1) is 23.0. The molecule has 34 heavy (non-hydrogen) atoms. The van der Waals surface area contributed by atoms with Crippen LogP contribution in [0.4, 0.5) is 5.69 Å². The van der Waals surface area contributed by atoms with E-state index in [0.29, 0.717) is 16.7 Å². The van der Waals surface area contributed by atoms with E-state index < -0.39 is 4.92 Å². The number of para-hydroxylation sites is 1. The number of thioether (sulfide) groups is 1. The summed E-state index contributed by atoms with van der Waals surface area (Å²) in [5, 5.41) is 20.0. The summed E-state index contributed by atoms with van der Waals surface area (Å²) < 4.78 is 12.9. The number of nitro groups is 1. The topological polar surface area (TPSA) is 109 Å². The summed E-state index contributed by atoms with van der Waals surface area (Å²) in [7, 11) is 1.60. The van der Waals surface area contributed by atoms with Gasteiger partial charge in [0.25, 0.3) is 5.69 Å². The van der Waals surface area contributed by atoms with E-state index in [0.717, 1.165) is 11.4 Å². The molecular formula is C24H20N4O5S. The monoisotopic (exact) mass is 476 g/mol. The molecule has 0 amide bonds. The highest BCUT2D eigenvalue weighted by atomic mass is 32.2. The lowest BCUT2D eigenvalue weighted by Crippen LogP contribution is -2.08. The number of carbonyl (C=O) groups is 1. The molecule has 1 aromatic heterocycles. The van der Waals surface area contributed by atoms with Crippen molar-refractivity contribution in [3.8, 4) is 17.2 Å². The quantitative estimate of drug-likeness (QED) is 0.140. The summed E-state index contributed by atoms with van der Waals surface area (Å²) >= 11 is 1.20. The number of carbonyl (C=O) groups excluding carboxylic acids is 1. The molecule has 0 spiro atoms. The number of methoxy groups -OCH3 is 1. The van der Waals surface area contributed by atoms with E-state index in [1.807, 2.05) is 34.9 Å². The zero-order chi connectivity index (χ0) is 23.9. The van der Waals surface area contributed by atoms with Crippen molar-refractivity contribution < 1.29 is 19.2 Å². The van der Waals surface area contributed by atoms with Gasteiger partial charge in [-0.05, 0) is 36.4 Å². The summed E-state index contributed by atoms with van der Waals surface area (Å²) in [5.41, 5.74) is 0.975. The molecule has 0 aliphatic heterocycles. The number of Topliss-reactive ketones (excluding diaryl/α,β-unsaturated/α-hetero) is 1. The molecule has 0 bridgehead atoms. The zero-order valence-electron chi connectivity index (χ0n) is 18.2. The fourth-order valence-electron chi connectivity index (χ4n) is 3.15. The molecule has 0 N–H and O–H groups in total. The van der Waals surface area contributed by atoms with E-state index in [1.54, 1.807) is 37.4 Å². The Bertz CT molecular complexity index is 1290. The van der Waals surface area contributed by atoms with Gasteiger partial charge in [-0.1, -0.05) is 42.1 Å². The summed E-state index contributed by atoms with van der Waals surface area (Å²) in [6.45, 7) is 0.160. The van der Waals surface area contributed by atoms with Crippen LogP contribution in [0.15, 0.2) is 84.0 Å². The van der Waals surface area contributed by atoms with E-state index in [4.69, 9.17) is 9.47 Å². The summed E-state index contributed by atoms with van der Waals surface area (Å²) in [4.78, 5) is 23.2. The summed E-state index contributed by atoms with van der Waals surface area (Å²) in [6, 6.07) is 22.4. The Labute approximate surface area is 199 Å². The lowest BCUT2D eigenvalue weighted by Gasteiger charge is -2.11. The first-order chi connectivity index (χ1) is 16.5. The van der Waals surface area contributed by atoms with Gasteiger partial charge in [-0.15, -0.1) is 10.2 Å². The minimum Gasteiger partial charge on any atom is -0.497 e. The fraction of sp³-hybridized carbons (Fsp3) is 0.125. The van der Waals surface area contributed by atoms with E-state index in [1.165, 1.54) is 30.0 Å². The van der Waals surface area contributed by atoms with Crippen LogP contribution in [0.3, 0.4) is 0 Å². The molecule has 10 heteroatoms. The SMILES string of the molecule is COc1ccc(OCc2nnc(SCC(=O)c3cccc([N+](=O)[O-])c3)n2-c2ccccc2)cc1. The Morgan fingerprint density at radius 2 is 1.74 bits per heavy atom. The second-order valence-electron chi connectivity index (χ2n) is 7.05. The number of nitro benzene ring substituents is 1. The minimum atomic E-state index is -0.523. The summed E-state index contributed by atoms with van der Waals surface area (Å²) in [6.07, 6.45) is 0. The van der Waals surface area contributed by atoms with Crippen molar-refractivity contribution in [1.29, 1.82) is 0 Å². The van der Waals surface area contributed by atoms with Gasteiger partial charge in [0.15, 0.2) is 16.8 Å². The van der Waals surface area contributed by atoms with E-state index in [-0.39, 0.29) is 29.4 Å². The Morgan fingerprint density at radius 1 is 1.00 bits per heavy atom. The van der Waals surface area contributed by atoms with Crippen LogP contribution < -0.4 is 9.47 Å². The molecule has 0 unspecified atom stereocenters. The average molecular weight is 477 g/mol. The largest absolute Gasteiger partial charge is 0.497 e. The Balaban J connectivity index is 1.53. The number of rotatable bonds is 10. The standard InChI is InChI=1S/C24H20N4O5S/c1-32-20-10-12-21(13-11-20)33-15-23-25-26-24(27(23)18-7-3-2-4-8-18)34-16-22(29)17-6-5-9-19(14-17)28(30)31/h2-14H,15-16H2,1H3. The number of benzene rings is 3. The molecule has 0 fully saturated rings. The van der Waals surface area contributed by atoms with Crippen molar-refractivity contribution in [2.24, 2.45) is 0 Å². The van der Waals surface area contributed by atoms with Gasteiger partial charge in [-0.25, -0.2) is 0 Å². The number of ether oxygens (including phenoxy) is 2. The smallest absolute Gasteiger partial charge is 0.270 e. The van der Waals surface area contributed by atoms with Crippen molar-refractivity contribution in [1.82, 2.24) is 14.8 Å². The van der Waals surface area contributed by atoms with Crippen LogP contribution in [-0.4, -0.2) is 38.3 Å². The molecule has 0 saturated heterocycles. The lowest BCUT2D eigenvalue weighted by molar-refractivity contribution is -0.384. The van der Waals surface area contributed by atoms with Gasteiger partial charge in [-0.3, -0.25) is 19.5 Å². The van der Waals surface area contributed by atoms with E-state index >= 15 is 0 Å². The predicted octanol–water partition coefficient (Wildman–Crippen LogP) is 4.74. The van der Waals surface area contributed by atoms with Crippen LogP contribution >= 0.6 is 11.8 Å². The molecule has 0 radical (unpaired) electrons. The number of hydrogen-bond donors (Lipinski definition) is 0. The van der Waals surface area contributed by atoms with Crippen molar-refractivity contribution in [2.75, 3.05) is 12.9 Å². The minimum absolute atomic E-state index is 0.0471. The predicted molar refractivity (Wildman–Crippen MR) is 127 cm³/mol. The summed E-state index contributed by atoms with van der Waals surface area (Å²) in [5.74, 6) is 1.75. The number of ketones is 1. The van der Waals surface area contributed by atoms with Gasteiger partial charge in [0.2, 0.25) is 0 Å². The second kappa shape index (κ2) is 10.6. The molecule has 0 aliphatic rings. The number of nitrogens with zero attached hydrogens (tertiary/aromatic N) is 4. The highest BCUT2D eigenvalue weighted by Gasteiger charge is 2.18. The van der Waals surface area contributed by atoms with Crippen LogP contribution in [0.25, 0.3) is 5.69 Å². The van der Waals surface area contributed by atoms with Crippen LogP contribution in [-0.2, 0) is 6.61 Å². The van der Waals surface area contributed by atoms with Crippen LogP contribution in [0, 0.1) is 10.1 Å². The van der Waals surface area contributed by atoms with Gasteiger partial charge in [0.05, 0.1) is 17.8 Å². The first-order valence-corrected chi connectivity index (χ1v) is 11.2. The van der Waals surface area contributed by atoms with Crippen LogP contribution in [0.5, 0.6) is 11.5 Å². The maximum atomic E-state index is 12.7. The van der Waals surface area contributed by atoms with Crippen LogP contribution in [0.2, 0.25) is 0 Å². The first-order valence-electron chi connectivity index (χ1n) is 10.2. The zero-order valence-corrected chi connectivity index (χ0v) is 19.0. The number of hydrogen-bond acceptors (Lipinski definition) is 8.